The summed E-state index contributed by atoms with van der Waals surface area (Å²) >= 11 is 0. The molecule has 0 aromatic heterocycles. The van der Waals surface area contributed by atoms with Crippen molar-refractivity contribution in [3.05, 3.63) is 71.8 Å². The molecule has 2 aromatic rings. The number of benzene rings is 2. The van der Waals surface area contributed by atoms with Gasteiger partial charge in [0.1, 0.15) is 6.61 Å². The number of hydrogen-bond acceptors (Lipinski definition) is 5. The lowest BCUT2D eigenvalue weighted by atomic mass is 10.0. The zero-order valence-electron chi connectivity index (χ0n) is 13.9. The molecule has 2 unspecified atom stereocenters. The van der Waals surface area contributed by atoms with E-state index in [1.165, 1.54) is 0 Å². The van der Waals surface area contributed by atoms with Crippen LogP contribution in [-0.2, 0) is 20.9 Å². The van der Waals surface area contributed by atoms with Gasteiger partial charge in [-0.3, -0.25) is 0 Å². The standard InChI is InChI=1S/C19H21NO5/c1-2-24-18(22)17(21)16(15-11-7-4-8-12-15)20-19(23)25-13-14-9-5-3-6-10-14/h3-12,16-17,21H,2,13H2,1H3,(H,20,23). The molecular formula is C19H21NO5. The Kier molecular flexibility index (Phi) is 6.98. The summed E-state index contributed by atoms with van der Waals surface area (Å²) in [6.45, 7) is 1.86. The van der Waals surface area contributed by atoms with Crippen molar-refractivity contribution in [1.29, 1.82) is 0 Å². The number of aliphatic hydroxyl groups excluding tert-OH is 1. The third kappa shape index (κ3) is 5.61. The number of carbonyl (C=O) groups excluding carboxylic acids is 2. The lowest BCUT2D eigenvalue weighted by Gasteiger charge is -2.23. The normalized spacial score (nSPS) is 12.7. The van der Waals surface area contributed by atoms with E-state index < -0.39 is 24.2 Å². The molecule has 0 spiro atoms. The van der Waals surface area contributed by atoms with Crippen molar-refractivity contribution in [3.63, 3.8) is 0 Å². The first-order valence-corrected chi connectivity index (χ1v) is 7.98. The minimum absolute atomic E-state index is 0.0870. The predicted octanol–water partition coefficient (Wildman–Crippen LogP) is 2.58. The second-order valence-corrected chi connectivity index (χ2v) is 5.29. The smallest absolute Gasteiger partial charge is 0.408 e. The van der Waals surface area contributed by atoms with Crippen LogP contribution in [0.3, 0.4) is 0 Å². The number of nitrogens with one attached hydrogen (secondary N) is 1. The fourth-order valence-corrected chi connectivity index (χ4v) is 2.26. The zero-order valence-corrected chi connectivity index (χ0v) is 13.9. The molecule has 0 aliphatic heterocycles. The Morgan fingerprint density at radius 1 is 1.00 bits per heavy atom. The largest absolute Gasteiger partial charge is 0.464 e. The van der Waals surface area contributed by atoms with E-state index in [4.69, 9.17) is 9.47 Å². The molecule has 0 heterocycles. The molecule has 2 N–H and O–H groups in total. The molecule has 6 nitrogen and oxygen atoms in total. The highest BCUT2D eigenvalue weighted by atomic mass is 16.6. The Labute approximate surface area is 146 Å². The van der Waals surface area contributed by atoms with Gasteiger partial charge in [0.2, 0.25) is 0 Å². The van der Waals surface area contributed by atoms with Crippen molar-refractivity contribution in [3.8, 4) is 0 Å². The average molecular weight is 343 g/mol. The molecule has 0 bridgehead atoms. The Bertz CT molecular complexity index is 675. The molecule has 6 heteroatoms. The van der Waals surface area contributed by atoms with Gasteiger partial charge >= 0.3 is 12.1 Å². The van der Waals surface area contributed by atoms with Crippen LogP contribution in [0.4, 0.5) is 4.79 Å². The van der Waals surface area contributed by atoms with E-state index in [9.17, 15) is 14.7 Å². The number of carbonyl (C=O) groups is 2. The van der Waals surface area contributed by atoms with Crippen LogP contribution in [0.2, 0.25) is 0 Å². The maximum atomic E-state index is 12.1. The van der Waals surface area contributed by atoms with Crippen LogP contribution in [0.25, 0.3) is 0 Å². The van der Waals surface area contributed by atoms with Crippen molar-refractivity contribution in [2.24, 2.45) is 0 Å². The van der Waals surface area contributed by atoms with Crippen LogP contribution in [-0.4, -0.2) is 29.9 Å². The van der Waals surface area contributed by atoms with Crippen LogP contribution in [0.5, 0.6) is 0 Å². The number of ether oxygens (including phenoxy) is 2. The minimum Gasteiger partial charge on any atom is -0.464 e. The number of aliphatic hydroxyl groups is 1. The SMILES string of the molecule is CCOC(=O)C(O)C(NC(=O)OCc1ccccc1)c1ccccc1. The van der Waals surface area contributed by atoms with Crippen LogP contribution in [0, 0.1) is 0 Å². The predicted molar refractivity (Wildman–Crippen MR) is 91.6 cm³/mol. The van der Waals surface area contributed by atoms with Gasteiger partial charge in [0.25, 0.3) is 0 Å². The van der Waals surface area contributed by atoms with Crippen molar-refractivity contribution in [2.75, 3.05) is 6.61 Å². The Morgan fingerprint density at radius 3 is 2.20 bits per heavy atom. The van der Waals surface area contributed by atoms with Crippen LogP contribution in [0.15, 0.2) is 60.7 Å². The van der Waals surface area contributed by atoms with E-state index >= 15 is 0 Å². The average Bonchev–Trinajstić information content (AvgIpc) is 2.65. The quantitative estimate of drug-likeness (QED) is 0.755. The number of rotatable bonds is 7. The second kappa shape index (κ2) is 9.44. The minimum atomic E-state index is -1.54. The number of hydrogen-bond donors (Lipinski definition) is 2. The summed E-state index contributed by atoms with van der Waals surface area (Å²) in [6.07, 6.45) is -2.27. The van der Waals surface area contributed by atoms with Gasteiger partial charge in [-0.25, -0.2) is 9.59 Å². The van der Waals surface area contributed by atoms with E-state index in [-0.39, 0.29) is 13.2 Å². The Morgan fingerprint density at radius 2 is 1.60 bits per heavy atom. The summed E-state index contributed by atoms with van der Waals surface area (Å²) in [4.78, 5) is 23.9. The van der Waals surface area contributed by atoms with Crippen molar-refractivity contribution in [1.82, 2.24) is 5.32 Å². The molecule has 0 fully saturated rings. The van der Waals surface area contributed by atoms with Crippen molar-refractivity contribution in [2.45, 2.75) is 25.7 Å². The van der Waals surface area contributed by atoms with Gasteiger partial charge in [-0.05, 0) is 18.1 Å². The molecule has 2 rings (SSSR count). The molecule has 2 atom stereocenters. The van der Waals surface area contributed by atoms with Gasteiger partial charge in [0.05, 0.1) is 12.6 Å². The molecular weight excluding hydrogens is 322 g/mol. The summed E-state index contributed by atoms with van der Waals surface area (Å²) < 4.78 is 9.99. The number of esters is 1. The van der Waals surface area contributed by atoms with E-state index in [1.54, 1.807) is 37.3 Å². The molecule has 132 valence electrons. The molecule has 25 heavy (non-hydrogen) atoms. The first-order chi connectivity index (χ1) is 12.1. The highest BCUT2D eigenvalue weighted by Crippen LogP contribution is 2.18. The molecule has 0 radical (unpaired) electrons. The molecule has 0 saturated carbocycles. The zero-order chi connectivity index (χ0) is 18.1. The van der Waals surface area contributed by atoms with Gasteiger partial charge < -0.3 is 19.9 Å². The topological polar surface area (TPSA) is 84.9 Å². The lowest BCUT2D eigenvalue weighted by Crippen LogP contribution is -2.41. The summed E-state index contributed by atoms with van der Waals surface area (Å²) in [6, 6.07) is 16.9. The van der Waals surface area contributed by atoms with Crippen LogP contribution >= 0.6 is 0 Å². The third-order valence-electron chi connectivity index (χ3n) is 3.49. The van der Waals surface area contributed by atoms with E-state index in [1.807, 2.05) is 30.3 Å². The lowest BCUT2D eigenvalue weighted by molar-refractivity contribution is -0.154. The van der Waals surface area contributed by atoms with Gasteiger partial charge in [-0.2, -0.15) is 0 Å². The maximum Gasteiger partial charge on any atom is 0.408 e. The van der Waals surface area contributed by atoms with Crippen molar-refractivity contribution >= 4 is 12.1 Å². The highest BCUT2D eigenvalue weighted by molar-refractivity contribution is 5.77. The summed E-state index contributed by atoms with van der Waals surface area (Å²) in [7, 11) is 0. The van der Waals surface area contributed by atoms with E-state index in [2.05, 4.69) is 5.32 Å². The van der Waals surface area contributed by atoms with Gasteiger partial charge in [-0.1, -0.05) is 60.7 Å². The molecule has 0 aliphatic carbocycles. The summed E-state index contributed by atoms with van der Waals surface area (Å²) in [5, 5.41) is 12.8. The Balaban J connectivity index is 2.05. The molecule has 1 amide bonds. The summed E-state index contributed by atoms with van der Waals surface area (Å²) in [5.74, 6) is -0.806. The molecule has 0 saturated heterocycles. The third-order valence-corrected chi connectivity index (χ3v) is 3.49. The van der Waals surface area contributed by atoms with Crippen LogP contribution < -0.4 is 5.32 Å². The number of amides is 1. The van der Waals surface area contributed by atoms with Crippen LogP contribution in [0.1, 0.15) is 24.1 Å². The Hall–Kier alpha value is -2.86. The first kappa shape index (κ1) is 18.5. The maximum absolute atomic E-state index is 12.1. The second-order valence-electron chi connectivity index (χ2n) is 5.29. The van der Waals surface area contributed by atoms with E-state index in [0.29, 0.717) is 5.56 Å². The highest BCUT2D eigenvalue weighted by Gasteiger charge is 2.30. The van der Waals surface area contributed by atoms with Gasteiger partial charge in [0, 0.05) is 0 Å². The van der Waals surface area contributed by atoms with Crippen molar-refractivity contribution < 1.29 is 24.2 Å². The monoisotopic (exact) mass is 343 g/mol. The van der Waals surface area contributed by atoms with E-state index in [0.717, 1.165) is 5.56 Å². The fraction of sp³-hybridized carbons (Fsp3) is 0.263. The first-order valence-electron chi connectivity index (χ1n) is 7.98. The number of alkyl carbamates (subject to hydrolysis) is 1. The summed E-state index contributed by atoms with van der Waals surface area (Å²) in [5.41, 5.74) is 1.40. The van der Waals surface area contributed by atoms with Gasteiger partial charge in [0.15, 0.2) is 6.10 Å². The van der Waals surface area contributed by atoms with Gasteiger partial charge in [-0.15, -0.1) is 0 Å². The molecule has 2 aromatic carbocycles. The fourth-order valence-electron chi connectivity index (χ4n) is 2.26. The molecule has 0 aliphatic rings.